The molecule has 1 heterocycles. The molecule has 1 aliphatic carbocycles. The molecule has 0 aromatic heterocycles. The van der Waals surface area contributed by atoms with Gasteiger partial charge >= 0.3 is 13.1 Å². The molecule has 0 aromatic carbocycles. The number of carbonyl (C=O) groups is 1. The lowest BCUT2D eigenvalue weighted by Crippen LogP contribution is -2.51. The van der Waals surface area contributed by atoms with Crippen LogP contribution in [0.4, 0.5) is 17.7 Å². The summed E-state index contributed by atoms with van der Waals surface area (Å²) in [6.07, 6.45) is -0.250. The van der Waals surface area contributed by atoms with Crippen LogP contribution in [0.15, 0.2) is 0 Å². The van der Waals surface area contributed by atoms with E-state index in [4.69, 9.17) is 4.74 Å². The van der Waals surface area contributed by atoms with Gasteiger partial charge < -0.3 is 22.6 Å². The van der Waals surface area contributed by atoms with Gasteiger partial charge in [0.1, 0.15) is 5.60 Å². The summed E-state index contributed by atoms with van der Waals surface area (Å²) in [6.45, 7) is 0.116. The van der Waals surface area contributed by atoms with Crippen molar-refractivity contribution in [2.75, 3.05) is 6.54 Å². The van der Waals surface area contributed by atoms with Crippen molar-refractivity contribution in [2.45, 2.75) is 38.7 Å². The van der Waals surface area contributed by atoms with Crippen LogP contribution in [0, 0.1) is 11.8 Å². The largest absolute Gasteiger partial charge is 0.500 e. The molecule has 0 aromatic rings. The van der Waals surface area contributed by atoms with E-state index in [1.54, 1.807) is 20.8 Å². The molecule has 3 atom stereocenters. The van der Waals surface area contributed by atoms with E-state index in [-0.39, 0.29) is 18.4 Å². The summed E-state index contributed by atoms with van der Waals surface area (Å²) in [7, 11) is 0. The number of halogens is 3. The first-order chi connectivity index (χ1) is 7.59. The number of carbonyl (C=O) groups excluding carboxylic acids is 1. The number of likely N-dealkylation sites (tertiary alicyclic amines) is 1. The SMILES string of the molecule is CC(C)(C)OC(=O)N1CC2CC2C1[B-](F)(F)F. The van der Waals surface area contributed by atoms with Crippen molar-refractivity contribution in [1.29, 1.82) is 0 Å². The summed E-state index contributed by atoms with van der Waals surface area (Å²) in [5.41, 5.74) is -0.757. The first kappa shape index (κ1) is 12.6. The molecule has 0 bridgehead atoms. The molecule has 2 rings (SSSR count). The fourth-order valence-corrected chi connectivity index (χ4v) is 2.51. The Labute approximate surface area is 98.3 Å². The van der Waals surface area contributed by atoms with Crippen LogP contribution in [0.25, 0.3) is 0 Å². The van der Waals surface area contributed by atoms with Crippen molar-refractivity contribution in [3.63, 3.8) is 0 Å². The lowest BCUT2D eigenvalue weighted by atomic mass is 9.76. The number of hydrogen-bond acceptors (Lipinski definition) is 2. The highest BCUT2D eigenvalue weighted by Gasteiger charge is 2.60. The van der Waals surface area contributed by atoms with Crippen molar-refractivity contribution < 1.29 is 22.5 Å². The molecule has 7 heteroatoms. The molecule has 1 saturated carbocycles. The van der Waals surface area contributed by atoms with Crippen LogP contribution >= 0.6 is 0 Å². The molecule has 0 radical (unpaired) electrons. The molecular weight excluding hydrogens is 234 g/mol. The number of piperidine rings is 1. The molecule has 98 valence electrons. The van der Waals surface area contributed by atoms with Gasteiger partial charge in [0.15, 0.2) is 0 Å². The minimum Gasteiger partial charge on any atom is -0.448 e. The summed E-state index contributed by atoms with van der Waals surface area (Å²) in [4.78, 5) is 12.6. The number of ether oxygens (including phenoxy) is 1. The Morgan fingerprint density at radius 3 is 2.41 bits per heavy atom. The third-order valence-corrected chi connectivity index (χ3v) is 3.22. The van der Waals surface area contributed by atoms with Crippen LogP contribution < -0.4 is 0 Å². The van der Waals surface area contributed by atoms with E-state index in [1.807, 2.05) is 0 Å². The van der Waals surface area contributed by atoms with E-state index in [1.165, 1.54) is 0 Å². The summed E-state index contributed by atoms with van der Waals surface area (Å²) >= 11 is 0. The van der Waals surface area contributed by atoms with Crippen molar-refractivity contribution in [3.8, 4) is 0 Å². The standard InChI is InChI=1S/C10H16BF3NO2/c1-10(2,3)17-9(16)15-5-6-4-7(6)8(15)11(12,13)14/h6-8H,4-5H2,1-3H3/q-1. The number of fused-ring (bicyclic) bond motifs is 1. The van der Waals surface area contributed by atoms with Crippen LogP contribution in [0.1, 0.15) is 27.2 Å². The zero-order valence-electron chi connectivity index (χ0n) is 10.1. The lowest BCUT2D eigenvalue weighted by Gasteiger charge is -2.35. The fourth-order valence-electron chi connectivity index (χ4n) is 2.51. The Balaban J connectivity index is 2.08. The summed E-state index contributed by atoms with van der Waals surface area (Å²) < 4.78 is 43.7. The Hall–Kier alpha value is -0.875. The van der Waals surface area contributed by atoms with E-state index in [0.29, 0.717) is 6.42 Å². The monoisotopic (exact) mass is 250 g/mol. The average Bonchev–Trinajstić information content (AvgIpc) is 2.70. The van der Waals surface area contributed by atoms with Crippen LogP contribution in [0.5, 0.6) is 0 Å². The quantitative estimate of drug-likeness (QED) is 0.669. The van der Waals surface area contributed by atoms with Gasteiger partial charge in [-0.15, -0.1) is 0 Å². The Kier molecular flexibility index (Phi) is 2.63. The predicted molar refractivity (Wildman–Crippen MR) is 57.4 cm³/mol. The molecule has 1 aliphatic heterocycles. The minimum atomic E-state index is -5.01. The Morgan fingerprint density at radius 1 is 1.35 bits per heavy atom. The summed E-state index contributed by atoms with van der Waals surface area (Å²) in [5.74, 6) is -1.95. The highest BCUT2D eigenvalue weighted by molar-refractivity contribution is 6.60. The van der Waals surface area contributed by atoms with Crippen LogP contribution in [0.2, 0.25) is 0 Å². The Morgan fingerprint density at radius 2 is 1.94 bits per heavy atom. The van der Waals surface area contributed by atoms with Crippen molar-refractivity contribution in [1.82, 2.24) is 4.90 Å². The third kappa shape index (κ3) is 2.52. The molecular formula is C10H16BF3NO2-. The van der Waals surface area contributed by atoms with Crippen LogP contribution in [-0.4, -0.2) is 36.1 Å². The van der Waals surface area contributed by atoms with Gasteiger partial charge in [0.25, 0.3) is 0 Å². The van der Waals surface area contributed by atoms with Gasteiger partial charge in [0.05, 0.1) is 0 Å². The number of nitrogens with zero attached hydrogens (tertiary/aromatic N) is 1. The molecule has 2 fully saturated rings. The van der Waals surface area contributed by atoms with Gasteiger partial charge in [-0.05, 0) is 39.0 Å². The van der Waals surface area contributed by atoms with Gasteiger partial charge in [-0.25, -0.2) is 4.79 Å². The molecule has 1 amide bonds. The molecule has 1 saturated heterocycles. The van der Waals surface area contributed by atoms with E-state index < -0.39 is 24.6 Å². The number of amides is 1. The Bertz CT molecular complexity index is 339. The maximum Gasteiger partial charge on any atom is 0.500 e. The minimum absolute atomic E-state index is 0.0241. The molecule has 3 unspecified atom stereocenters. The van der Waals surface area contributed by atoms with Gasteiger partial charge in [-0.3, -0.25) is 0 Å². The van der Waals surface area contributed by atoms with Gasteiger partial charge in [-0.1, -0.05) is 0 Å². The fraction of sp³-hybridized carbons (Fsp3) is 0.900. The molecule has 3 nitrogen and oxygen atoms in total. The zero-order valence-corrected chi connectivity index (χ0v) is 10.1. The predicted octanol–water partition coefficient (Wildman–Crippen LogP) is 2.63. The highest BCUT2D eigenvalue weighted by atomic mass is 19.4. The molecule has 0 N–H and O–H groups in total. The summed E-state index contributed by atoms with van der Waals surface area (Å²) in [5, 5.41) is 0. The smallest absolute Gasteiger partial charge is 0.448 e. The van der Waals surface area contributed by atoms with E-state index in [2.05, 4.69) is 0 Å². The first-order valence-electron chi connectivity index (χ1n) is 5.79. The van der Waals surface area contributed by atoms with E-state index in [9.17, 15) is 17.7 Å². The van der Waals surface area contributed by atoms with Gasteiger partial charge in [0, 0.05) is 12.5 Å². The number of hydrogen-bond donors (Lipinski definition) is 0. The maximum atomic E-state index is 12.9. The van der Waals surface area contributed by atoms with Crippen LogP contribution in [0.3, 0.4) is 0 Å². The van der Waals surface area contributed by atoms with E-state index >= 15 is 0 Å². The van der Waals surface area contributed by atoms with Crippen LogP contribution in [-0.2, 0) is 4.74 Å². The highest BCUT2D eigenvalue weighted by Crippen LogP contribution is 2.53. The molecule has 2 aliphatic rings. The van der Waals surface area contributed by atoms with Gasteiger partial charge in [0.2, 0.25) is 0 Å². The number of rotatable bonds is 1. The van der Waals surface area contributed by atoms with Crippen molar-refractivity contribution >= 4 is 13.1 Å². The van der Waals surface area contributed by atoms with Crippen molar-refractivity contribution in [3.05, 3.63) is 0 Å². The average molecular weight is 250 g/mol. The first-order valence-corrected chi connectivity index (χ1v) is 5.79. The topological polar surface area (TPSA) is 29.5 Å². The summed E-state index contributed by atoms with van der Waals surface area (Å²) in [6, 6.07) is 0. The second-order valence-corrected chi connectivity index (χ2v) is 5.91. The maximum absolute atomic E-state index is 12.9. The zero-order chi connectivity index (χ0) is 13.0. The van der Waals surface area contributed by atoms with E-state index in [0.717, 1.165) is 4.90 Å². The molecule has 17 heavy (non-hydrogen) atoms. The normalized spacial score (nSPS) is 32.4. The lowest BCUT2D eigenvalue weighted by molar-refractivity contribution is 0.0219. The van der Waals surface area contributed by atoms with Gasteiger partial charge in [-0.2, -0.15) is 0 Å². The third-order valence-electron chi connectivity index (χ3n) is 3.22. The van der Waals surface area contributed by atoms with Crippen molar-refractivity contribution in [2.24, 2.45) is 11.8 Å². The molecule has 0 spiro atoms. The second-order valence-electron chi connectivity index (χ2n) is 5.91. The second kappa shape index (κ2) is 3.56.